The maximum atomic E-state index is 9.72. The lowest BCUT2D eigenvalue weighted by Crippen LogP contribution is -2.47. The highest BCUT2D eigenvalue weighted by Gasteiger charge is 2.23. The van der Waals surface area contributed by atoms with Gasteiger partial charge in [-0.1, -0.05) is 18.2 Å². The van der Waals surface area contributed by atoms with E-state index in [4.69, 9.17) is 0 Å². The van der Waals surface area contributed by atoms with Crippen molar-refractivity contribution in [2.24, 2.45) is 0 Å². The first-order valence-corrected chi connectivity index (χ1v) is 6.78. The van der Waals surface area contributed by atoms with E-state index in [9.17, 15) is 5.11 Å². The fraction of sp³-hybridized carbons (Fsp3) is 0.600. The molecule has 1 aromatic rings. The number of rotatable bonds is 4. The Hall–Kier alpha value is -1.06. The van der Waals surface area contributed by atoms with Gasteiger partial charge in [0.25, 0.3) is 0 Å². The first kappa shape index (κ1) is 13.4. The summed E-state index contributed by atoms with van der Waals surface area (Å²) in [5.41, 5.74) is 3.73. The average Bonchev–Trinajstić information content (AvgIpc) is 2.36. The van der Waals surface area contributed by atoms with Gasteiger partial charge in [0.1, 0.15) is 0 Å². The SMILES string of the molecule is CC(O)C(C)(C)NCc1cccc2c1NCCC2. The summed E-state index contributed by atoms with van der Waals surface area (Å²) >= 11 is 0. The molecule has 3 heteroatoms. The average molecular weight is 248 g/mol. The number of aliphatic hydroxyl groups is 1. The highest BCUT2D eigenvalue weighted by atomic mass is 16.3. The first-order valence-electron chi connectivity index (χ1n) is 6.78. The number of nitrogens with one attached hydrogen (secondary N) is 2. The Morgan fingerprint density at radius 1 is 1.44 bits per heavy atom. The normalized spacial score (nSPS) is 16.9. The third-order valence-corrected chi connectivity index (χ3v) is 3.94. The molecule has 0 saturated carbocycles. The van der Waals surface area contributed by atoms with E-state index in [-0.39, 0.29) is 11.6 Å². The number of fused-ring (bicyclic) bond motifs is 1. The molecule has 1 atom stereocenters. The number of para-hydroxylation sites is 1. The van der Waals surface area contributed by atoms with Crippen molar-refractivity contribution in [3.63, 3.8) is 0 Å². The molecule has 0 aromatic heterocycles. The van der Waals surface area contributed by atoms with E-state index in [1.807, 2.05) is 20.8 Å². The van der Waals surface area contributed by atoms with E-state index in [1.165, 1.54) is 23.2 Å². The standard InChI is InChI=1S/C15H24N2O/c1-11(18)15(2,3)17-10-13-7-4-6-12-8-5-9-16-14(12)13/h4,6-7,11,16-18H,5,8-10H2,1-3H3. The summed E-state index contributed by atoms with van der Waals surface area (Å²) < 4.78 is 0. The Labute approximate surface area is 110 Å². The zero-order valence-corrected chi connectivity index (χ0v) is 11.6. The van der Waals surface area contributed by atoms with Crippen molar-refractivity contribution >= 4 is 5.69 Å². The van der Waals surface area contributed by atoms with Crippen LogP contribution in [0.1, 0.15) is 38.3 Å². The molecule has 2 rings (SSSR count). The molecule has 100 valence electrons. The number of aliphatic hydroxyl groups excluding tert-OH is 1. The van der Waals surface area contributed by atoms with Crippen molar-refractivity contribution in [3.8, 4) is 0 Å². The quantitative estimate of drug-likeness (QED) is 0.766. The Bertz CT molecular complexity index is 413. The predicted octanol–water partition coefficient (Wildman–Crippen LogP) is 2.29. The summed E-state index contributed by atoms with van der Waals surface area (Å²) in [7, 11) is 0. The molecular weight excluding hydrogens is 224 g/mol. The zero-order chi connectivity index (χ0) is 13.2. The van der Waals surface area contributed by atoms with Crippen molar-refractivity contribution in [1.29, 1.82) is 0 Å². The van der Waals surface area contributed by atoms with Gasteiger partial charge in [0, 0.05) is 24.3 Å². The molecule has 3 N–H and O–H groups in total. The van der Waals surface area contributed by atoms with Crippen LogP contribution in [0.2, 0.25) is 0 Å². The lowest BCUT2D eigenvalue weighted by molar-refractivity contribution is 0.0957. The fourth-order valence-electron chi connectivity index (χ4n) is 2.20. The second kappa shape index (κ2) is 5.29. The highest BCUT2D eigenvalue weighted by molar-refractivity contribution is 5.59. The summed E-state index contributed by atoms with van der Waals surface area (Å²) in [6.07, 6.45) is 2.00. The van der Waals surface area contributed by atoms with E-state index in [0.29, 0.717) is 0 Å². The van der Waals surface area contributed by atoms with Gasteiger partial charge >= 0.3 is 0 Å². The summed E-state index contributed by atoms with van der Waals surface area (Å²) in [5.74, 6) is 0. The van der Waals surface area contributed by atoms with Crippen molar-refractivity contribution in [1.82, 2.24) is 5.32 Å². The number of aryl methyl sites for hydroxylation is 1. The molecule has 1 aromatic carbocycles. The minimum absolute atomic E-state index is 0.266. The van der Waals surface area contributed by atoms with Crippen LogP contribution in [0.25, 0.3) is 0 Å². The summed E-state index contributed by atoms with van der Waals surface area (Å²) in [5, 5.41) is 16.6. The van der Waals surface area contributed by atoms with Gasteiger partial charge in [0.05, 0.1) is 6.10 Å². The van der Waals surface area contributed by atoms with E-state index in [0.717, 1.165) is 19.5 Å². The third-order valence-electron chi connectivity index (χ3n) is 3.94. The molecule has 0 saturated heterocycles. The van der Waals surface area contributed by atoms with Gasteiger partial charge < -0.3 is 15.7 Å². The Morgan fingerprint density at radius 3 is 2.94 bits per heavy atom. The van der Waals surface area contributed by atoms with E-state index in [2.05, 4.69) is 28.8 Å². The van der Waals surface area contributed by atoms with Crippen LogP contribution in [0, 0.1) is 0 Å². The molecule has 0 amide bonds. The molecule has 1 aliphatic heterocycles. The number of hydrogen-bond acceptors (Lipinski definition) is 3. The van der Waals surface area contributed by atoms with Crippen LogP contribution in [-0.4, -0.2) is 23.3 Å². The molecule has 0 spiro atoms. The molecule has 18 heavy (non-hydrogen) atoms. The van der Waals surface area contributed by atoms with Crippen LogP contribution in [0.4, 0.5) is 5.69 Å². The minimum atomic E-state index is -0.370. The van der Waals surface area contributed by atoms with Crippen molar-refractivity contribution in [2.45, 2.75) is 51.8 Å². The molecule has 0 aliphatic carbocycles. The summed E-state index contributed by atoms with van der Waals surface area (Å²) in [6, 6.07) is 6.48. The smallest absolute Gasteiger partial charge is 0.0688 e. The Kier molecular flexibility index (Phi) is 3.93. The maximum absolute atomic E-state index is 9.72. The maximum Gasteiger partial charge on any atom is 0.0688 e. The van der Waals surface area contributed by atoms with Gasteiger partial charge in [-0.25, -0.2) is 0 Å². The lowest BCUT2D eigenvalue weighted by atomic mass is 9.96. The molecular formula is C15H24N2O. The van der Waals surface area contributed by atoms with Gasteiger partial charge in [0.2, 0.25) is 0 Å². The van der Waals surface area contributed by atoms with E-state index in [1.54, 1.807) is 0 Å². The van der Waals surface area contributed by atoms with Crippen molar-refractivity contribution < 1.29 is 5.11 Å². The topological polar surface area (TPSA) is 44.3 Å². The molecule has 3 nitrogen and oxygen atoms in total. The summed E-state index contributed by atoms with van der Waals surface area (Å²) in [6.45, 7) is 7.73. The van der Waals surface area contributed by atoms with Gasteiger partial charge in [-0.15, -0.1) is 0 Å². The predicted molar refractivity (Wildman–Crippen MR) is 75.9 cm³/mol. The summed E-state index contributed by atoms with van der Waals surface area (Å²) in [4.78, 5) is 0. The van der Waals surface area contributed by atoms with E-state index >= 15 is 0 Å². The van der Waals surface area contributed by atoms with Crippen LogP contribution >= 0.6 is 0 Å². The Balaban J connectivity index is 2.10. The van der Waals surface area contributed by atoms with Crippen molar-refractivity contribution in [2.75, 3.05) is 11.9 Å². The molecule has 1 heterocycles. The highest BCUT2D eigenvalue weighted by Crippen LogP contribution is 2.26. The van der Waals surface area contributed by atoms with Crippen LogP contribution in [0.5, 0.6) is 0 Å². The fourth-order valence-corrected chi connectivity index (χ4v) is 2.20. The van der Waals surface area contributed by atoms with Gasteiger partial charge in [-0.05, 0) is 44.7 Å². The second-order valence-electron chi connectivity index (χ2n) is 5.73. The largest absolute Gasteiger partial charge is 0.392 e. The molecule has 1 aliphatic rings. The van der Waals surface area contributed by atoms with Gasteiger partial charge in [-0.3, -0.25) is 0 Å². The monoisotopic (exact) mass is 248 g/mol. The second-order valence-corrected chi connectivity index (χ2v) is 5.73. The molecule has 0 fully saturated rings. The van der Waals surface area contributed by atoms with Crippen LogP contribution in [0.3, 0.4) is 0 Å². The van der Waals surface area contributed by atoms with Crippen molar-refractivity contribution in [3.05, 3.63) is 29.3 Å². The van der Waals surface area contributed by atoms with Gasteiger partial charge in [-0.2, -0.15) is 0 Å². The minimum Gasteiger partial charge on any atom is -0.392 e. The molecule has 0 bridgehead atoms. The van der Waals surface area contributed by atoms with E-state index < -0.39 is 0 Å². The van der Waals surface area contributed by atoms with Crippen LogP contribution in [0.15, 0.2) is 18.2 Å². The first-order chi connectivity index (χ1) is 8.50. The Morgan fingerprint density at radius 2 is 2.22 bits per heavy atom. The molecule has 0 radical (unpaired) electrons. The number of hydrogen-bond donors (Lipinski definition) is 3. The molecule has 1 unspecified atom stereocenters. The number of benzene rings is 1. The van der Waals surface area contributed by atoms with Gasteiger partial charge in [0.15, 0.2) is 0 Å². The zero-order valence-electron chi connectivity index (χ0n) is 11.6. The lowest BCUT2D eigenvalue weighted by Gasteiger charge is -2.30. The van der Waals surface area contributed by atoms with Crippen LogP contribution in [-0.2, 0) is 13.0 Å². The van der Waals surface area contributed by atoms with Crippen LogP contribution < -0.4 is 10.6 Å². The third kappa shape index (κ3) is 2.85. The number of anilines is 1.